The Morgan fingerprint density at radius 2 is 1.57 bits per heavy atom. The third-order valence-corrected chi connectivity index (χ3v) is 9.48. The first kappa shape index (κ1) is 29.3. The Bertz CT molecular complexity index is 1450. The second kappa shape index (κ2) is 12.7. The highest BCUT2D eigenvalue weighted by atomic mass is 32.2. The fraction of sp³-hybridized carbons (Fsp3) is 0.355. The van der Waals surface area contributed by atoms with E-state index in [1.165, 1.54) is 72.9 Å². The van der Waals surface area contributed by atoms with E-state index < -0.39 is 34.2 Å². The van der Waals surface area contributed by atoms with E-state index in [4.69, 9.17) is 0 Å². The number of hydrogen-bond acceptors (Lipinski definition) is 5. The summed E-state index contributed by atoms with van der Waals surface area (Å²) in [5.74, 6) is -1.74. The Balaban J connectivity index is 1.62. The zero-order valence-corrected chi connectivity index (χ0v) is 23.7. The molecular formula is C31H36N2O6S. The third-order valence-electron chi connectivity index (χ3n) is 7.54. The maximum atomic E-state index is 13.7. The zero-order valence-electron chi connectivity index (χ0n) is 22.9. The highest BCUT2D eigenvalue weighted by molar-refractivity contribution is 7.89. The van der Waals surface area contributed by atoms with Crippen LogP contribution in [0.3, 0.4) is 0 Å². The standard InChI is InChI=1S/C31H36N2O6S/c1-3-32(40(38,39)27-16-9-22(2)10-17-27)21-30(35)33(26-15-18-28(31(36)37)29(34)19-26)20-23-11-13-25(14-12-23)24-7-5-4-6-8-24/h9-19,24,34H,3-8,20-21H2,1-2H3,(H,36,37). The van der Waals surface area contributed by atoms with E-state index in [-0.39, 0.29) is 29.2 Å². The molecule has 9 heteroatoms. The Labute approximate surface area is 235 Å². The molecule has 0 unspecified atom stereocenters. The van der Waals surface area contributed by atoms with Gasteiger partial charge < -0.3 is 15.1 Å². The highest BCUT2D eigenvalue weighted by Crippen LogP contribution is 2.33. The number of aromatic carboxylic acids is 1. The number of rotatable bonds is 10. The van der Waals surface area contributed by atoms with Crippen LogP contribution in [0, 0.1) is 6.92 Å². The van der Waals surface area contributed by atoms with E-state index in [0.717, 1.165) is 15.4 Å². The van der Waals surface area contributed by atoms with Crippen molar-refractivity contribution in [3.8, 4) is 5.75 Å². The number of anilines is 1. The maximum absolute atomic E-state index is 13.7. The van der Waals surface area contributed by atoms with E-state index in [0.29, 0.717) is 5.92 Å². The van der Waals surface area contributed by atoms with E-state index in [9.17, 15) is 28.2 Å². The summed E-state index contributed by atoms with van der Waals surface area (Å²) in [7, 11) is -3.94. The van der Waals surface area contributed by atoms with E-state index >= 15 is 0 Å². The second-order valence-electron chi connectivity index (χ2n) is 10.3. The minimum atomic E-state index is -3.94. The molecule has 0 radical (unpaired) electrons. The number of aryl methyl sites for hydroxylation is 1. The molecule has 1 amide bonds. The molecule has 8 nitrogen and oxygen atoms in total. The molecule has 1 aliphatic rings. The minimum absolute atomic E-state index is 0.0784. The van der Waals surface area contributed by atoms with Gasteiger partial charge in [0.1, 0.15) is 11.3 Å². The van der Waals surface area contributed by atoms with Crippen LogP contribution in [-0.4, -0.2) is 47.9 Å². The number of phenols is 1. The molecule has 4 rings (SSSR count). The lowest BCUT2D eigenvalue weighted by Crippen LogP contribution is -2.42. The average Bonchev–Trinajstić information content (AvgIpc) is 2.95. The molecule has 212 valence electrons. The lowest BCUT2D eigenvalue weighted by atomic mass is 9.84. The molecule has 0 aromatic heterocycles. The number of benzene rings is 3. The first-order chi connectivity index (χ1) is 19.1. The molecule has 1 aliphatic carbocycles. The van der Waals surface area contributed by atoms with Crippen molar-refractivity contribution >= 4 is 27.6 Å². The number of likely N-dealkylation sites (N-methyl/N-ethyl adjacent to an activating group) is 1. The molecule has 1 fully saturated rings. The average molecular weight is 565 g/mol. The number of aromatic hydroxyl groups is 1. The fourth-order valence-corrected chi connectivity index (χ4v) is 6.57. The highest BCUT2D eigenvalue weighted by Gasteiger charge is 2.28. The summed E-state index contributed by atoms with van der Waals surface area (Å²) in [4.78, 5) is 26.6. The smallest absolute Gasteiger partial charge is 0.339 e. The molecule has 0 spiro atoms. The van der Waals surface area contributed by atoms with Crippen molar-refractivity contribution in [3.05, 3.63) is 89.0 Å². The van der Waals surface area contributed by atoms with Crippen LogP contribution in [0.1, 0.15) is 72.0 Å². The van der Waals surface area contributed by atoms with Crippen LogP contribution in [0.5, 0.6) is 5.75 Å². The van der Waals surface area contributed by atoms with Crippen molar-refractivity contribution in [2.75, 3.05) is 18.0 Å². The van der Waals surface area contributed by atoms with Gasteiger partial charge in [0.2, 0.25) is 15.9 Å². The van der Waals surface area contributed by atoms with E-state index in [1.54, 1.807) is 19.1 Å². The van der Waals surface area contributed by atoms with Crippen molar-refractivity contribution in [2.24, 2.45) is 0 Å². The molecule has 40 heavy (non-hydrogen) atoms. The summed E-state index contributed by atoms with van der Waals surface area (Å²) >= 11 is 0. The van der Waals surface area contributed by atoms with Gasteiger partial charge in [-0.25, -0.2) is 13.2 Å². The number of carboxylic acid groups (broad SMARTS) is 1. The van der Waals surface area contributed by atoms with Crippen molar-refractivity contribution in [1.82, 2.24) is 4.31 Å². The summed E-state index contributed by atoms with van der Waals surface area (Å²) in [5, 5.41) is 19.7. The first-order valence-electron chi connectivity index (χ1n) is 13.6. The topological polar surface area (TPSA) is 115 Å². The monoisotopic (exact) mass is 564 g/mol. The molecule has 3 aromatic carbocycles. The largest absolute Gasteiger partial charge is 0.507 e. The van der Waals surface area contributed by atoms with Crippen molar-refractivity contribution in [1.29, 1.82) is 0 Å². The predicted octanol–water partition coefficient (Wildman–Crippen LogP) is 5.69. The van der Waals surface area contributed by atoms with Crippen LogP contribution in [0.25, 0.3) is 0 Å². The number of sulfonamides is 1. The quantitative estimate of drug-likeness (QED) is 0.327. The van der Waals surface area contributed by atoms with Crippen molar-refractivity contribution in [3.63, 3.8) is 0 Å². The van der Waals surface area contributed by atoms with Gasteiger partial charge in [-0.3, -0.25) is 4.79 Å². The Morgan fingerprint density at radius 1 is 0.925 bits per heavy atom. The second-order valence-corrected chi connectivity index (χ2v) is 12.2. The number of carbonyl (C=O) groups is 2. The third kappa shape index (κ3) is 6.71. The van der Waals surface area contributed by atoms with Crippen molar-refractivity contribution < 1.29 is 28.2 Å². The molecule has 0 aliphatic heterocycles. The Kier molecular flexibility index (Phi) is 9.27. The van der Waals surface area contributed by atoms with Crippen LogP contribution < -0.4 is 4.90 Å². The molecule has 3 aromatic rings. The fourth-order valence-electron chi connectivity index (χ4n) is 5.17. The van der Waals surface area contributed by atoms with Crippen LogP contribution in [0.15, 0.2) is 71.6 Å². The number of hydrogen-bond donors (Lipinski definition) is 2. The number of amides is 1. The number of carbonyl (C=O) groups excluding carboxylic acids is 1. The predicted molar refractivity (Wildman–Crippen MR) is 154 cm³/mol. The molecular weight excluding hydrogens is 528 g/mol. The molecule has 1 saturated carbocycles. The molecule has 0 atom stereocenters. The van der Waals surface area contributed by atoms with Crippen LogP contribution in [0.4, 0.5) is 5.69 Å². The Hall–Kier alpha value is -3.69. The molecule has 2 N–H and O–H groups in total. The van der Waals surface area contributed by atoms with Crippen LogP contribution in [0.2, 0.25) is 0 Å². The maximum Gasteiger partial charge on any atom is 0.339 e. The van der Waals surface area contributed by atoms with Gasteiger partial charge in [-0.05, 0) is 61.1 Å². The van der Waals surface area contributed by atoms with Gasteiger partial charge in [0.05, 0.1) is 18.0 Å². The lowest BCUT2D eigenvalue weighted by Gasteiger charge is -2.27. The van der Waals surface area contributed by atoms with Crippen molar-refractivity contribution in [2.45, 2.75) is 63.3 Å². The lowest BCUT2D eigenvalue weighted by molar-refractivity contribution is -0.119. The first-order valence-corrected chi connectivity index (χ1v) is 15.1. The van der Waals surface area contributed by atoms with Gasteiger partial charge in [-0.15, -0.1) is 0 Å². The van der Waals surface area contributed by atoms with E-state index in [2.05, 4.69) is 12.1 Å². The SMILES string of the molecule is CCN(CC(=O)N(Cc1ccc(C2CCCCC2)cc1)c1ccc(C(=O)O)c(O)c1)S(=O)(=O)c1ccc(C)cc1. The van der Waals surface area contributed by atoms with E-state index in [1.807, 2.05) is 19.1 Å². The summed E-state index contributed by atoms with van der Waals surface area (Å²) in [6.07, 6.45) is 6.06. The van der Waals surface area contributed by atoms with Gasteiger partial charge in [-0.1, -0.05) is 68.1 Å². The minimum Gasteiger partial charge on any atom is -0.507 e. The van der Waals surface area contributed by atoms with Gasteiger partial charge in [0.25, 0.3) is 0 Å². The van der Waals surface area contributed by atoms with Crippen LogP contribution >= 0.6 is 0 Å². The molecule has 0 heterocycles. The number of nitrogens with zero attached hydrogens (tertiary/aromatic N) is 2. The molecule has 0 bridgehead atoms. The van der Waals surface area contributed by atoms with Gasteiger partial charge in [0, 0.05) is 18.3 Å². The summed E-state index contributed by atoms with van der Waals surface area (Å²) in [6, 6.07) is 18.5. The van der Waals surface area contributed by atoms with Gasteiger partial charge in [0.15, 0.2) is 0 Å². The molecule has 0 saturated heterocycles. The normalized spacial score (nSPS) is 14.3. The Morgan fingerprint density at radius 3 is 2.15 bits per heavy atom. The summed E-state index contributed by atoms with van der Waals surface area (Å²) in [6.45, 7) is 3.31. The summed E-state index contributed by atoms with van der Waals surface area (Å²) in [5.41, 5.74) is 3.01. The van der Waals surface area contributed by atoms with Crippen LogP contribution in [-0.2, 0) is 21.4 Å². The summed E-state index contributed by atoms with van der Waals surface area (Å²) < 4.78 is 27.8. The van der Waals surface area contributed by atoms with Gasteiger partial charge >= 0.3 is 5.97 Å². The van der Waals surface area contributed by atoms with Gasteiger partial charge in [-0.2, -0.15) is 4.31 Å². The zero-order chi connectivity index (χ0) is 28.9. The number of carboxylic acids is 1.